The lowest BCUT2D eigenvalue weighted by Gasteiger charge is -2.27. The van der Waals surface area contributed by atoms with E-state index in [-0.39, 0.29) is 22.9 Å². The summed E-state index contributed by atoms with van der Waals surface area (Å²) in [6, 6.07) is 7.78. The molecule has 1 atom stereocenters. The Morgan fingerprint density at radius 1 is 1.15 bits per heavy atom. The van der Waals surface area contributed by atoms with Crippen LogP contribution in [0.1, 0.15) is 30.6 Å². The highest BCUT2D eigenvalue weighted by molar-refractivity contribution is 5.93. The van der Waals surface area contributed by atoms with Gasteiger partial charge in [-0.25, -0.2) is 23.5 Å². The summed E-state index contributed by atoms with van der Waals surface area (Å²) in [5, 5.41) is 9.20. The monoisotopic (exact) mass is 371 g/mol. The van der Waals surface area contributed by atoms with Crippen molar-refractivity contribution in [1.82, 2.24) is 9.97 Å². The van der Waals surface area contributed by atoms with E-state index in [0.717, 1.165) is 12.5 Å². The summed E-state index contributed by atoms with van der Waals surface area (Å²) in [6.45, 7) is 4.00. The molecular formula is C20H19F2N3O2. The number of carboxylic acid groups (broad SMARTS) is 1. The van der Waals surface area contributed by atoms with E-state index in [2.05, 4.69) is 9.97 Å². The summed E-state index contributed by atoms with van der Waals surface area (Å²) in [4.78, 5) is 22.2. The van der Waals surface area contributed by atoms with Crippen molar-refractivity contribution < 1.29 is 18.7 Å². The third-order valence-electron chi connectivity index (χ3n) is 4.67. The van der Waals surface area contributed by atoms with Crippen LogP contribution in [0.4, 0.5) is 14.6 Å². The number of halogens is 2. The molecule has 1 unspecified atom stereocenters. The lowest BCUT2D eigenvalue weighted by Crippen LogP contribution is -2.29. The highest BCUT2D eigenvalue weighted by Gasteiger charge is 2.21. The minimum atomic E-state index is -1.07. The first kappa shape index (κ1) is 18.7. The second-order valence-electron chi connectivity index (χ2n) is 6.40. The van der Waals surface area contributed by atoms with Crippen LogP contribution in [-0.4, -0.2) is 34.1 Å². The van der Waals surface area contributed by atoms with Crippen molar-refractivity contribution >= 4 is 22.8 Å². The normalized spacial score (nSPS) is 12.2. The Morgan fingerprint density at radius 3 is 2.52 bits per heavy atom. The Labute approximate surface area is 155 Å². The fraction of sp³-hybridized carbons (Fsp3) is 0.250. The predicted molar refractivity (Wildman–Crippen MR) is 100 cm³/mol. The number of aromatic carboxylic acids is 1. The standard InChI is InChI=1S/C20H19F2N3O2/c1-4-11(2)25(3)19-18(14-7-6-13(21)10-15(14)22)23-16-8-5-12(20(26)27)9-17(16)24-19/h5-11H,4H2,1-3H3,(H,26,27). The Balaban J connectivity index is 2.29. The molecular weight excluding hydrogens is 352 g/mol. The van der Waals surface area contributed by atoms with Crippen LogP contribution in [0.2, 0.25) is 0 Å². The number of carboxylic acids is 1. The Hall–Kier alpha value is -3.09. The number of rotatable bonds is 5. The van der Waals surface area contributed by atoms with Crippen LogP contribution in [0, 0.1) is 11.6 Å². The molecule has 0 saturated heterocycles. The maximum atomic E-state index is 14.4. The molecule has 0 spiro atoms. The zero-order valence-electron chi connectivity index (χ0n) is 15.2. The molecule has 0 aliphatic carbocycles. The highest BCUT2D eigenvalue weighted by atomic mass is 19.1. The van der Waals surface area contributed by atoms with E-state index in [0.29, 0.717) is 16.9 Å². The molecule has 27 heavy (non-hydrogen) atoms. The van der Waals surface area contributed by atoms with E-state index in [1.165, 1.54) is 30.3 Å². The summed E-state index contributed by atoms with van der Waals surface area (Å²) >= 11 is 0. The van der Waals surface area contributed by atoms with E-state index in [1.807, 2.05) is 25.8 Å². The minimum Gasteiger partial charge on any atom is -0.478 e. The molecule has 2 aromatic carbocycles. The Morgan fingerprint density at radius 2 is 1.89 bits per heavy atom. The molecule has 0 bridgehead atoms. The summed E-state index contributed by atoms with van der Waals surface area (Å²) in [5.41, 5.74) is 1.34. The van der Waals surface area contributed by atoms with Crippen LogP contribution in [0.25, 0.3) is 22.3 Å². The fourth-order valence-electron chi connectivity index (χ4n) is 2.77. The smallest absolute Gasteiger partial charge is 0.335 e. The Bertz CT molecular complexity index is 1020. The third-order valence-corrected chi connectivity index (χ3v) is 4.67. The number of fused-ring (bicyclic) bond motifs is 1. The number of nitrogens with zero attached hydrogens (tertiary/aromatic N) is 3. The van der Waals surface area contributed by atoms with Crippen LogP contribution < -0.4 is 4.90 Å². The van der Waals surface area contributed by atoms with Crippen molar-refractivity contribution in [3.05, 3.63) is 53.6 Å². The quantitative estimate of drug-likeness (QED) is 0.715. The first-order chi connectivity index (χ1) is 12.8. The molecule has 140 valence electrons. The van der Waals surface area contributed by atoms with Gasteiger partial charge in [-0.1, -0.05) is 6.92 Å². The Kier molecular flexibility index (Phi) is 5.03. The van der Waals surface area contributed by atoms with E-state index in [9.17, 15) is 18.7 Å². The second-order valence-corrected chi connectivity index (χ2v) is 6.40. The van der Waals surface area contributed by atoms with E-state index in [4.69, 9.17) is 0 Å². The van der Waals surface area contributed by atoms with Crippen molar-refractivity contribution in [3.8, 4) is 11.3 Å². The molecule has 0 saturated carbocycles. The summed E-state index contributed by atoms with van der Waals surface area (Å²) in [6.07, 6.45) is 0.816. The molecule has 1 N–H and O–H groups in total. The number of hydrogen-bond donors (Lipinski definition) is 1. The van der Waals surface area contributed by atoms with Gasteiger partial charge in [-0.15, -0.1) is 0 Å². The van der Waals surface area contributed by atoms with Gasteiger partial charge in [0.05, 0.1) is 16.6 Å². The molecule has 5 nitrogen and oxygen atoms in total. The zero-order valence-corrected chi connectivity index (χ0v) is 15.2. The topological polar surface area (TPSA) is 66.3 Å². The van der Waals surface area contributed by atoms with Gasteiger partial charge in [0.1, 0.15) is 17.3 Å². The van der Waals surface area contributed by atoms with E-state index < -0.39 is 17.6 Å². The molecule has 3 rings (SSSR count). The van der Waals surface area contributed by atoms with Gasteiger partial charge in [0.15, 0.2) is 5.82 Å². The molecule has 1 aromatic heterocycles. The molecule has 0 aliphatic rings. The van der Waals surface area contributed by atoms with Gasteiger partial charge in [-0.2, -0.15) is 0 Å². The summed E-state index contributed by atoms with van der Waals surface area (Å²) < 4.78 is 27.8. The second kappa shape index (κ2) is 7.26. The van der Waals surface area contributed by atoms with Gasteiger partial charge in [-0.3, -0.25) is 0 Å². The molecule has 0 radical (unpaired) electrons. The average molecular weight is 371 g/mol. The molecule has 0 aliphatic heterocycles. The first-order valence-corrected chi connectivity index (χ1v) is 8.55. The van der Waals surface area contributed by atoms with E-state index >= 15 is 0 Å². The van der Waals surface area contributed by atoms with Crippen molar-refractivity contribution in [2.45, 2.75) is 26.3 Å². The van der Waals surface area contributed by atoms with Crippen molar-refractivity contribution in [1.29, 1.82) is 0 Å². The highest BCUT2D eigenvalue weighted by Crippen LogP contribution is 2.32. The SMILES string of the molecule is CCC(C)N(C)c1nc2cc(C(=O)O)ccc2nc1-c1ccc(F)cc1F. The summed E-state index contributed by atoms with van der Waals surface area (Å²) in [5.74, 6) is -2.06. The van der Waals surface area contributed by atoms with Crippen LogP contribution >= 0.6 is 0 Å². The van der Waals surface area contributed by atoms with Gasteiger partial charge < -0.3 is 10.0 Å². The van der Waals surface area contributed by atoms with Crippen molar-refractivity contribution in [2.75, 3.05) is 11.9 Å². The predicted octanol–water partition coefficient (Wildman–Crippen LogP) is 4.51. The number of benzene rings is 2. The number of hydrogen-bond acceptors (Lipinski definition) is 4. The van der Waals surface area contributed by atoms with E-state index in [1.54, 1.807) is 0 Å². The van der Waals surface area contributed by atoms with Crippen LogP contribution in [0.5, 0.6) is 0 Å². The van der Waals surface area contributed by atoms with Gasteiger partial charge >= 0.3 is 5.97 Å². The molecule has 3 aromatic rings. The van der Waals surface area contributed by atoms with Gasteiger partial charge in [0.2, 0.25) is 0 Å². The first-order valence-electron chi connectivity index (χ1n) is 8.55. The third kappa shape index (κ3) is 3.58. The van der Waals surface area contributed by atoms with Crippen LogP contribution in [0.3, 0.4) is 0 Å². The van der Waals surface area contributed by atoms with Crippen LogP contribution in [-0.2, 0) is 0 Å². The maximum absolute atomic E-state index is 14.4. The van der Waals surface area contributed by atoms with Gasteiger partial charge in [-0.05, 0) is 43.7 Å². The van der Waals surface area contributed by atoms with Gasteiger partial charge in [0.25, 0.3) is 0 Å². The van der Waals surface area contributed by atoms with Gasteiger partial charge in [0, 0.05) is 24.7 Å². The fourth-order valence-corrected chi connectivity index (χ4v) is 2.77. The number of aromatic nitrogens is 2. The van der Waals surface area contributed by atoms with Crippen molar-refractivity contribution in [2.24, 2.45) is 0 Å². The zero-order chi connectivity index (χ0) is 19.7. The number of anilines is 1. The lowest BCUT2D eigenvalue weighted by atomic mass is 10.1. The molecule has 1 heterocycles. The molecule has 0 fully saturated rings. The molecule has 7 heteroatoms. The molecule has 0 amide bonds. The maximum Gasteiger partial charge on any atom is 0.335 e. The number of carbonyl (C=O) groups is 1. The van der Waals surface area contributed by atoms with Crippen LogP contribution in [0.15, 0.2) is 36.4 Å². The lowest BCUT2D eigenvalue weighted by molar-refractivity contribution is 0.0697. The minimum absolute atomic E-state index is 0.0849. The summed E-state index contributed by atoms with van der Waals surface area (Å²) in [7, 11) is 1.82. The van der Waals surface area contributed by atoms with Crippen molar-refractivity contribution in [3.63, 3.8) is 0 Å². The largest absolute Gasteiger partial charge is 0.478 e. The average Bonchev–Trinajstić information content (AvgIpc) is 2.65.